The van der Waals surface area contributed by atoms with Crippen LogP contribution in [-0.4, -0.2) is 12.2 Å². The van der Waals surface area contributed by atoms with Crippen molar-refractivity contribution in [2.24, 2.45) is 5.92 Å². The second-order valence-corrected chi connectivity index (χ2v) is 5.58. The molecule has 0 N–H and O–H groups in total. The van der Waals surface area contributed by atoms with Gasteiger partial charge in [0, 0.05) is 5.92 Å². The molecule has 1 fully saturated rings. The first-order chi connectivity index (χ1) is 7.78. The van der Waals surface area contributed by atoms with Gasteiger partial charge in [0.2, 0.25) is 0 Å². The summed E-state index contributed by atoms with van der Waals surface area (Å²) in [6.45, 7) is 5.46. The van der Waals surface area contributed by atoms with Crippen molar-refractivity contribution in [2.75, 3.05) is 6.61 Å². The van der Waals surface area contributed by atoms with Gasteiger partial charge in [0.15, 0.2) is 0 Å². The molecule has 1 aliphatic carbocycles. The van der Waals surface area contributed by atoms with Gasteiger partial charge in [0.25, 0.3) is 0 Å². The Morgan fingerprint density at radius 2 is 2.06 bits per heavy atom. The molecule has 16 heavy (non-hydrogen) atoms. The SMILES string of the molecule is CCCCC1C(C)=CCOC12CCCCC2. The predicted molar refractivity (Wildman–Crippen MR) is 68.5 cm³/mol. The van der Waals surface area contributed by atoms with Crippen molar-refractivity contribution >= 4 is 0 Å². The number of unbranched alkanes of at least 4 members (excludes halogenated alkanes) is 1. The average Bonchev–Trinajstić information content (AvgIpc) is 2.30. The van der Waals surface area contributed by atoms with Gasteiger partial charge in [-0.3, -0.25) is 0 Å². The fraction of sp³-hybridized carbons (Fsp3) is 0.867. The molecule has 1 atom stereocenters. The van der Waals surface area contributed by atoms with Crippen molar-refractivity contribution in [2.45, 2.75) is 70.8 Å². The number of ether oxygens (including phenoxy) is 1. The fourth-order valence-corrected chi connectivity index (χ4v) is 3.54. The first kappa shape index (κ1) is 12.2. The van der Waals surface area contributed by atoms with Crippen LogP contribution < -0.4 is 0 Å². The lowest BCUT2D eigenvalue weighted by Gasteiger charge is -2.46. The number of rotatable bonds is 3. The lowest BCUT2D eigenvalue weighted by Crippen LogP contribution is -2.45. The van der Waals surface area contributed by atoms with Crippen molar-refractivity contribution in [1.29, 1.82) is 0 Å². The molecule has 0 bridgehead atoms. The molecule has 0 aromatic heterocycles. The minimum Gasteiger partial charge on any atom is -0.370 e. The summed E-state index contributed by atoms with van der Waals surface area (Å²) in [6.07, 6.45) is 13.0. The zero-order valence-electron chi connectivity index (χ0n) is 10.9. The van der Waals surface area contributed by atoms with Crippen LogP contribution in [-0.2, 0) is 4.74 Å². The van der Waals surface area contributed by atoms with E-state index in [1.54, 1.807) is 5.57 Å². The predicted octanol–water partition coefficient (Wildman–Crippen LogP) is 4.47. The first-order valence-electron chi connectivity index (χ1n) is 7.09. The van der Waals surface area contributed by atoms with Gasteiger partial charge in [-0.15, -0.1) is 0 Å². The maximum Gasteiger partial charge on any atom is 0.0751 e. The molecule has 1 heteroatoms. The van der Waals surface area contributed by atoms with Gasteiger partial charge in [0.05, 0.1) is 12.2 Å². The molecule has 1 heterocycles. The van der Waals surface area contributed by atoms with Crippen molar-refractivity contribution < 1.29 is 4.74 Å². The summed E-state index contributed by atoms with van der Waals surface area (Å²) in [7, 11) is 0. The molecule has 0 radical (unpaired) electrons. The van der Waals surface area contributed by atoms with Crippen molar-refractivity contribution in [3.63, 3.8) is 0 Å². The Hall–Kier alpha value is -0.300. The Labute approximate surface area is 100 Å². The van der Waals surface area contributed by atoms with Crippen LogP contribution in [0, 0.1) is 5.92 Å². The Kier molecular flexibility index (Phi) is 4.07. The molecular weight excluding hydrogens is 196 g/mol. The normalized spacial score (nSPS) is 29.1. The van der Waals surface area contributed by atoms with Crippen molar-refractivity contribution in [3.8, 4) is 0 Å². The molecule has 0 saturated heterocycles. The third-order valence-corrected chi connectivity index (χ3v) is 4.51. The lowest BCUT2D eigenvalue weighted by molar-refractivity contribution is -0.101. The van der Waals surface area contributed by atoms with Gasteiger partial charge >= 0.3 is 0 Å². The lowest BCUT2D eigenvalue weighted by atomic mass is 9.70. The van der Waals surface area contributed by atoms with Gasteiger partial charge < -0.3 is 4.74 Å². The zero-order chi connectivity index (χ0) is 11.4. The first-order valence-corrected chi connectivity index (χ1v) is 7.09. The van der Waals surface area contributed by atoms with Crippen LogP contribution in [0.3, 0.4) is 0 Å². The van der Waals surface area contributed by atoms with E-state index in [9.17, 15) is 0 Å². The summed E-state index contributed by atoms with van der Waals surface area (Å²) >= 11 is 0. The highest BCUT2D eigenvalue weighted by atomic mass is 16.5. The largest absolute Gasteiger partial charge is 0.370 e. The van der Waals surface area contributed by atoms with Gasteiger partial charge in [-0.25, -0.2) is 0 Å². The molecule has 1 aliphatic heterocycles. The third kappa shape index (κ3) is 2.34. The van der Waals surface area contributed by atoms with Crippen LogP contribution in [0.2, 0.25) is 0 Å². The molecule has 92 valence electrons. The van der Waals surface area contributed by atoms with Crippen LogP contribution in [0.1, 0.15) is 65.2 Å². The Morgan fingerprint density at radius 1 is 1.31 bits per heavy atom. The molecule has 0 aromatic carbocycles. The topological polar surface area (TPSA) is 9.23 Å². The highest BCUT2D eigenvalue weighted by Crippen LogP contribution is 2.45. The van der Waals surface area contributed by atoms with Gasteiger partial charge in [-0.2, -0.15) is 0 Å². The van der Waals surface area contributed by atoms with Gasteiger partial charge in [-0.1, -0.05) is 50.7 Å². The van der Waals surface area contributed by atoms with Gasteiger partial charge in [0.1, 0.15) is 0 Å². The molecule has 1 saturated carbocycles. The van der Waals surface area contributed by atoms with Crippen LogP contribution in [0.15, 0.2) is 11.6 Å². The molecule has 2 aliphatic rings. The zero-order valence-corrected chi connectivity index (χ0v) is 10.9. The Bertz CT molecular complexity index is 248. The van der Waals surface area contributed by atoms with Gasteiger partial charge in [-0.05, 0) is 26.2 Å². The van der Waals surface area contributed by atoms with E-state index in [1.165, 1.54) is 51.4 Å². The number of hydrogen-bond donors (Lipinski definition) is 0. The Balaban J connectivity index is 2.11. The monoisotopic (exact) mass is 222 g/mol. The molecule has 2 rings (SSSR count). The van der Waals surface area contributed by atoms with Crippen LogP contribution >= 0.6 is 0 Å². The van der Waals surface area contributed by atoms with E-state index >= 15 is 0 Å². The Morgan fingerprint density at radius 3 is 2.75 bits per heavy atom. The quantitative estimate of drug-likeness (QED) is 0.640. The minimum absolute atomic E-state index is 0.228. The molecule has 1 spiro atoms. The summed E-state index contributed by atoms with van der Waals surface area (Å²) in [5.74, 6) is 0.710. The van der Waals surface area contributed by atoms with E-state index < -0.39 is 0 Å². The van der Waals surface area contributed by atoms with E-state index in [0.717, 1.165) is 6.61 Å². The van der Waals surface area contributed by atoms with Crippen molar-refractivity contribution in [3.05, 3.63) is 11.6 Å². The average molecular weight is 222 g/mol. The second kappa shape index (κ2) is 5.35. The van der Waals surface area contributed by atoms with E-state index in [0.29, 0.717) is 5.92 Å². The summed E-state index contributed by atoms with van der Waals surface area (Å²) in [6, 6.07) is 0. The summed E-state index contributed by atoms with van der Waals surface area (Å²) < 4.78 is 6.21. The summed E-state index contributed by atoms with van der Waals surface area (Å²) in [5.41, 5.74) is 1.83. The van der Waals surface area contributed by atoms with Crippen molar-refractivity contribution in [1.82, 2.24) is 0 Å². The van der Waals surface area contributed by atoms with E-state index in [2.05, 4.69) is 19.9 Å². The summed E-state index contributed by atoms with van der Waals surface area (Å²) in [4.78, 5) is 0. The van der Waals surface area contributed by atoms with Crippen LogP contribution in [0.4, 0.5) is 0 Å². The third-order valence-electron chi connectivity index (χ3n) is 4.51. The molecule has 1 nitrogen and oxygen atoms in total. The van der Waals surface area contributed by atoms with Crippen LogP contribution in [0.5, 0.6) is 0 Å². The maximum absolute atomic E-state index is 6.21. The second-order valence-electron chi connectivity index (χ2n) is 5.58. The number of hydrogen-bond acceptors (Lipinski definition) is 1. The molecule has 0 aromatic rings. The highest BCUT2D eigenvalue weighted by Gasteiger charge is 2.42. The van der Waals surface area contributed by atoms with E-state index in [4.69, 9.17) is 4.74 Å². The van der Waals surface area contributed by atoms with E-state index in [-0.39, 0.29) is 5.60 Å². The summed E-state index contributed by atoms with van der Waals surface area (Å²) in [5, 5.41) is 0. The van der Waals surface area contributed by atoms with E-state index in [1.807, 2.05) is 0 Å². The standard InChI is InChI=1S/C15H26O/c1-3-4-8-14-13(2)9-12-16-15(14)10-6-5-7-11-15/h9,14H,3-8,10-12H2,1-2H3. The smallest absolute Gasteiger partial charge is 0.0751 e. The fourth-order valence-electron chi connectivity index (χ4n) is 3.54. The highest BCUT2D eigenvalue weighted by molar-refractivity contribution is 5.15. The molecule has 1 unspecified atom stereocenters. The molecular formula is C15H26O. The van der Waals surface area contributed by atoms with Crippen LogP contribution in [0.25, 0.3) is 0 Å². The maximum atomic E-state index is 6.21. The molecule has 0 amide bonds. The minimum atomic E-state index is 0.228.